The highest BCUT2D eigenvalue weighted by molar-refractivity contribution is 7.89. The van der Waals surface area contributed by atoms with Gasteiger partial charge >= 0.3 is 0 Å². The van der Waals surface area contributed by atoms with Crippen molar-refractivity contribution >= 4 is 38.3 Å². The lowest BCUT2D eigenvalue weighted by atomic mass is 10.0. The van der Waals surface area contributed by atoms with Crippen molar-refractivity contribution in [3.8, 4) is 6.07 Å². The third kappa shape index (κ3) is 5.86. The average molecular weight is 535 g/mol. The number of halogens is 1. The average Bonchev–Trinajstić information content (AvgIpc) is 3.33. The van der Waals surface area contributed by atoms with Gasteiger partial charge in [0.05, 0.1) is 5.02 Å². The smallest absolute Gasteiger partial charge is 0.243 e. The van der Waals surface area contributed by atoms with Crippen molar-refractivity contribution in [3.63, 3.8) is 0 Å². The SMILES string of the molecule is Cc1cccc(Cl)c1S(=O)(=O)NC(CCn1cccc1C#N)C(=O)N(C)Cc1cccc2ccccc12. The molecule has 0 bridgehead atoms. The number of aryl methyl sites for hydroxylation is 2. The van der Waals surface area contributed by atoms with E-state index in [2.05, 4.69) is 10.8 Å². The van der Waals surface area contributed by atoms with Gasteiger partial charge in [0.15, 0.2) is 0 Å². The van der Waals surface area contributed by atoms with E-state index < -0.39 is 16.1 Å². The van der Waals surface area contributed by atoms with Gasteiger partial charge in [-0.25, -0.2) is 8.42 Å². The monoisotopic (exact) mass is 534 g/mol. The maximum Gasteiger partial charge on any atom is 0.243 e. The van der Waals surface area contributed by atoms with E-state index in [0.717, 1.165) is 16.3 Å². The van der Waals surface area contributed by atoms with Crippen LogP contribution in [0, 0.1) is 18.3 Å². The van der Waals surface area contributed by atoms with Crippen LogP contribution in [-0.2, 0) is 27.9 Å². The minimum absolute atomic E-state index is 0.0511. The first-order valence-electron chi connectivity index (χ1n) is 11.8. The van der Waals surface area contributed by atoms with Crippen LogP contribution in [0.3, 0.4) is 0 Å². The number of sulfonamides is 1. The molecule has 4 rings (SSSR count). The molecule has 0 saturated carbocycles. The number of rotatable bonds is 9. The van der Waals surface area contributed by atoms with E-state index in [1.54, 1.807) is 49.0 Å². The molecule has 1 unspecified atom stereocenters. The number of aromatic nitrogens is 1. The summed E-state index contributed by atoms with van der Waals surface area (Å²) >= 11 is 6.25. The van der Waals surface area contributed by atoms with Crippen LogP contribution in [0.1, 0.15) is 23.2 Å². The van der Waals surface area contributed by atoms with Crippen LogP contribution in [-0.4, -0.2) is 36.9 Å². The second-order valence-electron chi connectivity index (χ2n) is 8.88. The zero-order valence-corrected chi connectivity index (χ0v) is 22.1. The molecule has 1 heterocycles. The van der Waals surface area contributed by atoms with E-state index in [9.17, 15) is 18.5 Å². The van der Waals surface area contributed by atoms with Gasteiger partial charge in [0.2, 0.25) is 15.9 Å². The summed E-state index contributed by atoms with van der Waals surface area (Å²) < 4.78 is 31.1. The number of hydrogen-bond acceptors (Lipinski definition) is 4. The van der Waals surface area contributed by atoms with E-state index >= 15 is 0 Å². The van der Waals surface area contributed by atoms with Crippen molar-refractivity contribution < 1.29 is 13.2 Å². The molecule has 0 saturated heterocycles. The molecule has 0 fully saturated rings. The van der Waals surface area contributed by atoms with Gasteiger partial charge in [-0.3, -0.25) is 4.79 Å². The predicted molar refractivity (Wildman–Crippen MR) is 144 cm³/mol. The van der Waals surface area contributed by atoms with Gasteiger partial charge in [0, 0.05) is 26.3 Å². The number of fused-ring (bicyclic) bond motifs is 1. The zero-order valence-electron chi connectivity index (χ0n) is 20.6. The number of likely N-dealkylation sites (N-methyl/N-ethyl adjacent to an activating group) is 1. The Balaban J connectivity index is 1.63. The van der Waals surface area contributed by atoms with E-state index in [4.69, 9.17) is 11.6 Å². The molecule has 1 amide bonds. The maximum atomic E-state index is 13.7. The molecule has 0 radical (unpaired) electrons. The summed E-state index contributed by atoms with van der Waals surface area (Å²) in [5.74, 6) is -0.383. The highest BCUT2D eigenvalue weighted by atomic mass is 35.5. The van der Waals surface area contributed by atoms with Crippen LogP contribution in [0.25, 0.3) is 10.8 Å². The minimum Gasteiger partial charge on any atom is -0.340 e. The van der Waals surface area contributed by atoms with Crippen LogP contribution >= 0.6 is 11.6 Å². The first-order chi connectivity index (χ1) is 17.7. The lowest BCUT2D eigenvalue weighted by molar-refractivity contribution is -0.132. The standard InChI is InChI=1S/C28H27ClN4O3S/c1-20-8-5-14-25(29)27(20)37(35,36)31-26(15-17-33-16-7-12-23(33)18-30)28(34)32(2)19-22-11-6-10-21-9-3-4-13-24(21)22/h3-14,16,26,31H,15,17,19H2,1-2H3. The van der Waals surface area contributed by atoms with E-state index in [-0.39, 0.29) is 28.8 Å². The molecule has 190 valence electrons. The fourth-order valence-corrected chi connectivity index (χ4v) is 6.50. The number of nitrogens with zero attached hydrogens (tertiary/aromatic N) is 3. The van der Waals surface area contributed by atoms with Crippen molar-refractivity contribution in [2.75, 3.05) is 7.05 Å². The summed E-state index contributed by atoms with van der Waals surface area (Å²) in [4.78, 5) is 15.1. The number of nitriles is 1. The summed E-state index contributed by atoms with van der Waals surface area (Å²) in [6.45, 7) is 2.23. The van der Waals surface area contributed by atoms with Crippen LogP contribution in [0.2, 0.25) is 5.02 Å². The summed E-state index contributed by atoms with van der Waals surface area (Å²) in [5.41, 5.74) is 1.86. The van der Waals surface area contributed by atoms with Crippen molar-refractivity contribution in [1.29, 1.82) is 5.26 Å². The molecule has 4 aromatic rings. The predicted octanol–water partition coefficient (Wildman–Crippen LogP) is 4.87. The van der Waals surface area contributed by atoms with Gasteiger partial charge in [-0.2, -0.15) is 9.98 Å². The lowest BCUT2D eigenvalue weighted by Gasteiger charge is -2.26. The summed E-state index contributed by atoms with van der Waals surface area (Å²) in [5, 5.41) is 11.5. The Hall–Kier alpha value is -3.64. The van der Waals surface area contributed by atoms with Crippen LogP contribution in [0.4, 0.5) is 0 Å². The maximum absolute atomic E-state index is 13.7. The van der Waals surface area contributed by atoms with E-state index in [0.29, 0.717) is 17.8 Å². The molecule has 37 heavy (non-hydrogen) atoms. The van der Waals surface area contributed by atoms with Crippen molar-refractivity contribution in [2.24, 2.45) is 0 Å². The van der Waals surface area contributed by atoms with Crippen molar-refractivity contribution in [2.45, 2.75) is 37.4 Å². The third-order valence-corrected chi connectivity index (χ3v) is 8.40. The van der Waals surface area contributed by atoms with E-state index in [1.807, 2.05) is 42.5 Å². The van der Waals surface area contributed by atoms with Crippen LogP contribution < -0.4 is 4.72 Å². The van der Waals surface area contributed by atoms with Gasteiger partial charge < -0.3 is 9.47 Å². The molecule has 0 aliphatic rings. The Morgan fingerprint density at radius 1 is 1.08 bits per heavy atom. The Labute approximate surface area is 221 Å². The molecule has 3 aromatic carbocycles. The Morgan fingerprint density at radius 2 is 1.81 bits per heavy atom. The second kappa shape index (κ2) is 11.2. The molecule has 1 aromatic heterocycles. The molecule has 7 nitrogen and oxygen atoms in total. The fourth-order valence-electron chi connectivity index (χ4n) is 4.44. The Morgan fingerprint density at radius 3 is 2.57 bits per heavy atom. The second-order valence-corrected chi connectivity index (χ2v) is 10.9. The number of carbonyl (C=O) groups excluding carboxylic acids is 1. The minimum atomic E-state index is -4.12. The van der Waals surface area contributed by atoms with Crippen molar-refractivity contribution in [1.82, 2.24) is 14.2 Å². The molecule has 0 aliphatic heterocycles. The summed E-state index contributed by atoms with van der Waals surface area (Å²) in [7, 11) is -2.46. The van der Waals surface area contributed by atoms with E-state index in [1.165, 1.54) is 11.0 Å². The first kappa shape index (κ1) is 26.4. The van der Waals surface area contributed by atoms with Gasteiger partial charge in [-0.1, -0.05) is 66.2 Å². The number of amides is 1. The van der Waals surface area contributed by atoms with Crippen LogP contribution in [0.15, 0.2) is 83.9 Å². The van der Waals surface area contributed by atoms with Gasteiger partial charge in [0.1, 0.15) is 22.7 Å². The third-order valence-electron chi connectivity index (χ3n) is 6.29. The highest BCUT2D eigenvalue weighted by Crippen LogP contribution is 2.26. The number of nitrogens with one attached hydrogen (secondary N) is 1. The van der Waals surface area contributed by atoms with Crippen LogP contribution in [0.5, 0.6) is 0 Å². The largest absolute Gasteiger partial charge is 0.340 e. The molecular weight excluding hydrogens is 508 g/mol. The summed E-state index contributed by atoms with van der Waals surface area (Å²) in [6.07, 6.45) is 1.87. The van der Waals surface area contributed by atoms with Crippen molar-refractivity contribution in [3.05, 3.63) is 101 Å². The highest BCUT2D eigenvalue weighted by Gasteiger charge is 2.30. The summed E-state index contributed by atoms with van der Waals surface area (Å²) in [6, 6.07) is 23.1. The normalized spacial score (nSPS) is 12.3. The Kier molecular flexibility index (Phi) is 7.98. The molecule has 0 spiro atoms. The van der Waals surface area contributed by atoms with Gasteiger partial charge in [0.25, 0.3) is 0 Å². The fraction of sp³-hybridized carbons (Fsp3) is 0.214. The quantitative estimate of drug-likeness (QED) is 0.331. The first-order valence-corrected chi connectivity index (χ1v) is 13.6. The lowest BCUT2D eigenvalue weighted by Crippen LogP contribution is -2.47. The Bertz CT molecular complexity index is 1570. The molecule has 9 heteroatoms. The zero-order chi connectivity index (χ0) is 26.6. The number of hydrogen-bond donors (Lipinski definition) is 1. The molecule has 1 atom stereocenters. The number of carbonyl (C=O) groups is 1. The number of benzene rings is 3. The van der Waals surface area contributed by atoms with Gasteiger partial charge in [-0.05, 0) is 53.4 Å². The topological polar surface area (TPSA) is 95.2 Å². The molecule has 1 N–H and O–H groups in total. The van der Waals surface area contributed by atoms with Gasteiger partial charge in [-0.15, -0.1) is 0 Å². The molecular formula is C28H27ClN4O3S. The molecule has 0 aliphatic carbocycles.